The van der Waals surface area contributed by atoms with E-state index >= 15 is 0 Å². The number of anilines is 1. The van der Waals surface area contributed by atoms with Crippen molar-refractivity contribution in [3.05, 3.63) is 47.3 Å². The Hall–Kier alpha value is -3.22. The van der Waals surface area contributed by atoms with Gasteiger partial charge in [0.2, 0.25) is 0 Å². The van der Waals surface area contributed by atoms with Crippen molar-refractivity contribution in [2.75, 3.05) is 12.3 Å². The van der Waals surface area contributed by atoms with Crippen molar-refractivity contribution in [3.63, 3.8) is 0 Å². The van der Waals surface area contributed by atoms with E-state index in [-0.39, 0.29) is 36.0 Å². The maximum atomic E-state index is 14.8. The van der Waals surface area contributed by atoms with Crippen LogP contribution in [0.4, 0.5) is 23.2 Å². The van der Waals surface area contributed by atoms with Gasteiger partial charge in [-0.25, -0.2) is 9.38 Å². The van der Waals surface area contributed by atoms with Crippen molar-refractivity contribution in [3.8, 4) is 17.2 Å². The SMILES string of the molecule is NC1=NCC[C@]2(O1)c1cc(N)ccc1Oc1c(F)cc(OS(=O)(=O)C(F)(F)F)cc12. The number of nitrogens with two attached hydrogens (primary N) is 2. The molecule has 0 radical (unpaired) electrons. The minimum Gasteiger partial charge on any atom is -0.453 e. The van der Waals surface area contributed by atoms with Crippen LogP contribution in [0.25, 0.3) is 0 Å². The van der Waals surface area contributed by atoms with Gasteiger partial charge in [0.25, 0.3) is 6.02 Å². The number of ether oxygens (including phenoxy) is 2. The second-order valence-electron chi connectivity index (χ2n) is 6.52. The minimum absolute atomic E-state index is 0.0927. The number of rotatable bonds is 2. The zero-order valence-corrected chi connectivity index (χ0v) is 15.7. The summed E-state index contributed by atoms with van der Waals surface area (Å²) >= 11 is 0. The molecule has 0 aromatic heterocycles. The highest BCUT2D eigenvalue weighted by molar-refractivity contribution is 7.88. The molecule has 2 aliphatic heterocycles. The molecule has 0 fully saturated rings. The van der Waals surface area contributed by atoms with Crippen LogP contribution < -0.4 is 20.4 Å². The van der Waals surface area contributed by atoms with Gasteiger partial charge in [-0.1, -0.05) is 0 Å². The normalized spacial score (nSPS) is 20.5. The van der Waals surface area contributed by atoms with Crippen molar-refractivity contribution in [1.82, 2.24) is 0 Å². The van der Waals surface area contributed by atoms with Crippen LogP contribution in [0.2, 0.25) is 0 Å². The Morgan fingerprint density at radius 2 is 1.87 bits per heavy atom. The third kappa shape index (κ3) is 3.05. The summed E-state index contributed by atoms with van der Waals surface area (Å²) in [6.07, 6.45) is 0.0927. The van der Waals surface area contributed by atoms with Gasteiger partial charge in [0, 0.05) is 35.8 Å². The fraction of sp³-hybridized carbons (Fsp3) is 0.235. The molecule has 2 aromatic rings. The van der Waals surface area contributed by atoms with Crippen LogP contribution in [0.1, 0.15) is 17.5 Å². The number of benzene rings is 2. The molecule has 0 bridgehead atoms. The molecule has 0 unspecified atom stereocenters. The Morgan fingerprint density at radius 1 is 1.13 bits per heavy atom. The van der Waals surface area contributed by atoms with E-state index < -0.39 is 32.8 Å². The molecule has 8 nitrogen and oxygen atoms in total. The molecular formula is C17H13F4N3O5S. The molecule has 0 amide bonds. The van der Waals surface area contributed by atoms with Gasteiger partial charge >= 0.3 is 15.6 Å². The molecule has 2 heterocycles. The second-order valence-corrected chi connectivity index (χ2v) is 8.06. The Bertz CT molecular complexity index is 1180. The highest BCUT2D eigenvalue weighted by Gasteiger charge is 2.50. The topological polar surface area (TPSA) is 126 Å². The maximum absolute atomic E-state index is 14.8. The third-order valence-electron chi connectivity index (χ3n) is 4.60. The molecule has 4 rings (SSSR count). The van der Waals surface area contributed by atoms with Crippen LogP contribution in [0.5, 0.6) is 17.2 Å². The molecule has 160 valence electrons. The molecule has 1 atom stereocenters. The zero-order valence-electron chi connectivity index (χ0n) is 14.9. The van der Waals surface area contributed by atoms with Crippen molar-refractivity contribution in [2.24, 2.45) is 10.7 Å². The van der Waals surface area contributed by atoms with Gasteiger partial charge in [0.05, 0.1) is 0 Å². The maximum Gasteiger partial charge on any atom is 0.534 e. The first kappa shape index (κ1) is 20.1. The molecular weight excluding hydrogens is 434 g/mol. The van der Waals surface area contributed by atoms with E-state index in [1.165, 1.54) is 18.2 Å². The minimum atomic E-state index is -6.03. The first-order chi connectivity index (χ1) is 13.9. The number of amidine groups is 1. The van der Waals surface area contributed by atoms with Crippen LogP contribution in [-0.4, -0.2) is 26.5 Å². The van der Waals surface area contributed by atoms with Gasteiger partial charge < -0.3 is 25.1 Å². The number of alkyl halides is 3. The standard InChI is InChI=1S/C17H13F4N3O5S/c18-12-7-9(29-30(25,26)17(19,20)21)6-11-14(12)27-13-2-1-8(22)5-10(13)16(11)3-4-24-15(23)28-16/h1-2,5-7H,3-4,22H2,(H2,23,24)/t16-/m0/s1. The first-order valence-electron chi connectivity index (χ1n) is 8.34. The lowest BCUT2D eigenvalue weighted by Crippen LogP contribution is -2.42. The number of nitrogens with zero attached hydrogens (tertiary/aromatic N) is 1. The number of hydrogen-bond donors (Lipinski definition) is 2. The summed E-state index contributed by atoms with van der Waals surface area (Å²) in [4.78, 5) is 3.91. The number of nitrogen functional groups attached to an aromatic ring is 1. The molecule has 4 N–H and O–H groups in total. The van der Waals surface area contributed by atoms with E-state index in [1.807, 2.05) is 0 Å². The number of halogens is 4. The molecule has 1 spiro atoms. The van der Waals surface area contributed by atoms with Gasteiger partial charge in [-0.2, -0.15) is 21.6 Å². The summed E-state index contributed by atoms with van der Waals surface area (Å²) in [6.45, 7) is 0.132. The van der Waals surface area contributed by atoms with E-state index in [1.54, 1.807) is 0 Å². The lowest BCUT2D eigenvalue weighted by molar-refractivity contribution is -0.0500. The molecule has 30 heavy (non-hydrogen) atoms. The monoisotopic (exact) mass is 447 g/mol. The molecule has 2 aromatic carbocycles. The van der Waals surface area contributed by atoms with Crippen molar-refractivity contribution in [2.45, 2.75) is 17.5 Å². The smallest absolute Gasteiger partial charge is 0.453 e. The van der Waals surface area contributed by atoms with Crippen LogP contribution in [0.15, 0.2) is 35.3 Å². The second kappa shape index (κ2) is 6.39. The summed E-state index contributed by atoms with van der Waals surface area (Å²) < 4.78 is 91.0. The summed E-state index contributed by atoms with van der Waals surface area (Å²) in [5.41, 5.74) is 4.82. The van der Waals surface area contributed by atoms with Gasteiger partial charge in [-0.3, -0.25) is 0 Å². The molecule has 2 aliphatic rings. The van der Waals surface area contributed by atoms with Crippen LogP contribution in [0, 0.1) is 5.82 Å². The predicted octanol–water partition coefficient (Wildman–Crippen LogP) is 2.72. The van der Waals surface area contributed by atoms with E-state index in [0.717, 1.165) is 6.07 Å². The number of hydrogen-bond acceptors (Lipinski definition) is 8. The van der Waals surface area contributed by atoms with E-state index in [9.17, 15) is 26.0 Å². The Labute approximate surface area is 167 Å². The summed E-state index contributed by atoms with van der Waals surface area (Å²) in [5, 5.41) is 0. The van der Waals surface area contributed by atoms with E-state index in [0.29, 0.717) is 17.3 Å². The molecule has 13 heteroatoms. The fourth-order valence-electron chi connectivity index (χ4n) is 3.37. The van der Waals surface area contributed by atoms with E-state index in [2.05, 4.69) is 9.18 Å². The van der Waals surface area contributed by atoms with Crippen LogP contribution >= 0.6 is 0 Å². The largest absolute Gasteiger partial charge is 0.534 e. The number of aliphatic imine (C=N–C) groups is 1. The Balaban J connectivity index is 1.92. The van der Waals surface area contributed by atoms with Gasteiger partial charge in [0.15, 0.2) is 17.2 Å². The Kier molecular flexibility index (Phi) is 4.27. The zero-order chi connectivity index (χ0) is 21.9. The van der Waals surface area contributed by atoms with Crippen molar-refractivity contribution < 1.29 is 39.6 Å². The molecule has 0 saturated carbocycles. The summed E-state index contributed by atoms with van der Waals surface area (Å²) in [6, 6.07) is 5.57. The van der Waals surface area contributed by atoms with Gasteiger partial charge in [-0.05, 0) is 24.3 Å². The van der Waals surface area contributed by atoms with Crippen molar-refractivity contribution in [1.29, 1.82) is 0 Å². The predicted molar refractivity (Wildman–Crippen MR) is 95.9 cm³/mol. The van der Waals surface area contributed by atoms with Crippen LogP contribution in [0.3, 0.4) is 0 Å². The molecule has 0 saturated heterocycles. The average molecular weight is 447 g/mol. The Morgan fingerprint density at radius 3 is 2.53 bits per heavy atom. The van der Waals surface area contributed by atoms with Crippen LogP contribution in [-0.2, 0) is 20.5 Å². The van der Waals surface area contributed by atoms with Gasteiger partial charge in [0.1, 0.15) is 11.5 Å². The summed E-state index contributed by atoms with van der Waals surface area (Å²) in [5.74, 6) is -2.27. The lowest BCUT2D eigenvalue weighted by atomic mass is 9.79. The van der Waals surface area contributed by atoms with Crippen molar-refractivity contribution >= 4 is 21.8 Å². The highest BCUT2D eigenvalue weighted by atomic mass is 32.2. The average Bonchev–Trinajstić information content (AvgIpc) is 2.62. The first-order valence-corrected chi connectivity index (χ1v) is 9.75. The number of fused-ring (bicyclic) bond motifs is 4. The fourth-order valence-corrected chi connectivity index (χ4v) is 3.81. The quantitative estimate of drug-likeness (QED) is 0.314. The summed E-state index contributed by atoms with van der Waals surface area (Å²) in [7, 11) is -6.03. The third-order valence-corrected chi connectivity index (χ3v) is 5.58. The highest BCUT2D eigenvalue weighted by Crippen LogP contribution is 2.53. The van der Waals surface area contributed by atoms with Gasteiger partial charge in [-0.15, -0.1) is 0 Å². The molecule has 0 aliphatic carbocycles. The van der Waals surface area contributed by atoms with E-state index in [4.69, 9.17) is 20.9 Å². The lowest BCUT2D eigenvalue weighted by Gasteiger charge is -2.41.